The van der Waals surface area contributed by atoms with E-state index in [9.17, 15) is 0 Å². The average molecular weight is 524 g/mol. The van der Waals surface area contributed by atoms with Crippen LogP contribution in [0.15, 0.2) is 61.4 Å². The molecule has 3 aromatic rings. The number of aromatic nitrogens is 2. The minimum absolute atomic E-state index is 0.425. The molecule has 2 nitrogen and oxygen atoms in total. The van der Waals surface area contributed by atoms with Crippen LogP contribution in [0.4, 0.5) is 0 Å². The molecule has 0 saturated carbocycles. The molecule has 2 aromatic carbocycles. The molecular weight excluding hydrogens is 482 g/mol. The van der Waals surface area contributed by atoms with Crippen LogP contribution in [0.1, 0.15) is 101 Å². The fraction of sp³-hybridized carbons (Fsp3) is 0.400. The summed E-state index contributed by atoms with van der Waals surface area (Å²) >= 11 is 1.08. The zero-order valence-corrected chi connectivity index (χ0v) is 23.8. The van der Waals surface area contributed by atoms with Gasteiger partial charge in [-0.2, -0.15) is 0 Å². The van der Waals surface area contributed by atoms with Crippen molar-refractivity contribution in [2.45, 2.75) is 79.1 Å². The third kappa shape index (κ3) is 5.99. The predicted molar refractivity (Wildman–Crippen MR) is 146 cm³/mol. The van der Waals surface area contributed by atoms with Gasteiger partial charge in [-0.3, -0.25) is 0 Å². The molecule has 0 N–H and O–H groups in total. The second-order valence-corrected chi connectivity index (χ2v) is 10.9. The van der Waals surface area contributed by atoms with Gasteiger partial charge >= 0.3 is 198 Å². The molecular formula is C30H41ClN2Ni-. The number of nitrogens with zero attached hydrogens (tertiary/aromatic N) is 2. The van der Waals surface area contributed by atoms with E-state index >= 15 is 0 Å². The van der Waals surface area contributed by atoms with Gasteiger partial charge in [0.15, 0.2) is 0 Å². The maximum absolute atomic E-state index is 6.60. The minimum atomic E-state index is 0.425. The second-order valence-electron chi connectivity index (χ2n) is 9.82. The molecule has 1 aromatic heterocycles. The molecule has 0 fully saturated rings. The molecule has 0 unspecified atom stereocenters. The van der Waals surface area contributed by atoms with E-state index in [-0.39, 0.29) is 0 Å². The molecule has 0 bridgehead atoms. The van der Waals surface area contributed by atoms with E-state index in [4.69, 9.17) is 10.2 Å². The van der Waals surface area contributed by atoms with Crippen LogP contribution < -0.4 is 0 Å². The Balaban J connectivity index is 0.00000129. The molecule has 0 amide bonds. The standard InChI is InChI=1S/C27H36N2.C3H5.ClH.Ni/c1-18(2)22-11-9-12-23(19(3)4)26(22)28-15-16-29(17-28)27-24(20(5)6)13-10-14-25(27)21(7)8;1-3-2;;/h9-16,18-21H,1-8H3;3H,1-2H2;1H;/q;-1;;+1/p-1. The van der Waals surface area contributed by atoms with Gasteiger partial charge in [0.1, 0.15) is 0 Å². The first-order chi connectivity index (χ1) is 16.1. The number of hydrogen-bond donors (Lipinski definition) is 0. The van der Waals surface area contributed by atoms with Crippen molar-refractivity contribution in [3.05, 3.63) is 95.0 Å². The van der Waals surface area contributed by atoms with E-state index in [1.807, 2.05) is 0 Å². The summed E-state index contributed by atoms with van der Waals surface area (Å²) in [5.41, 5.74) is 7.95. The van der Waals surface area contributed by atoms with Crippen molar-refractivity contribution in [2.75, 3.05) is 0 Å². The maximum atomic E-state index is 6.60. The Hall–Kier alpha value is -1.96. The molecule has 3 rings (SSSR count). The molecule has 189 valence electrons. The van der Waals surface area contributed by atoms with E-state index in [0.29, 0.717) is 23.7 Å². The van der Waals surface area contributed by atoms with Gasteiger partial charge in [-0.15, -0.1) is 0 Å². The van der Waals surface area contributed by atoms with Gasteiger partial charge in [0, 0.05) is 0 Å². The van der Waals surface area contributed by atoms with Crippen molar-refractivity contribution < 1.29 is 13.1 Å². The first-order valence-corrected chi connectivity index (χ1v) is 14.0. The van der Waals surface area contributed by atoms with Crippen LogP contribution in [-0.2, 0) is 13.1 Å². The Morgan fingerprint density at radius 1 is 0.706 bits per heavy atom. The Labute approximate surface area is 217 Å². The Kier molecular flexibility index (Phi) is 10.5. The van der Waals surface area contributed by atoms with Gasteiger partial charge in [-0.1, -0.05) is 0 Å². The number of rotatable bonds is 6. The van der Waals surface area contributed by atoms with Crippen molar-refractivity contribution >= 4 is 10.2 Å². The van der Waals surface area contributed by atoms with Crippen molar-refractivity contribution in [1.82, 2.24) is 9.13 Å². The summed E-state index contributed by atoms with van der Waals surface area (Å²) in [4.78, 5) is 0. The van der Waals surface area contributed by atoms with Gasteiger partial charge in [0.25, 0.3) is 0 Å². The molecule has 0 radical (unpaired) electrons. The number of hydrogen-bond acceptors (Lipinski definition) is 0. The van der Waals surface area contributed by atoms with E-state index in [0.717, 1.165) is 17.5 Å². The number of halogens is 1. The quantitative estimate of drug-likeness (QED) is 0.225. The van der Waals surface area contributed by atoms with Crippen molar-refractivity contribution in [3.8, 4) is 11.4 Å². The molecule has 0 aliphatic rings. The molecule has 0 saturated heterocycles. The van der Waals surface area contributed by atoms with E-state index in [2.05, 4.69) is 127 Å². The number of allylic oxidation sites excluding steroid dienone is 1. The zero-order chi connectivity index (χ0) is 25.6. The van der Waals surface area contributed by atoms with Crippen LogP contribution in [0.3, 0.4) is 0 Å². The third-order valence-corrected chi connectivity index (χ3v) is 7.04. The Bertz CT molecular complexity index is 1030. The molecule has 4 heteroatoms. The summed E-state index contributed by atoms with van der Waals surface area (Å²) in [7, 11) is 6.60. The molecule has 1 heterocycles. The second kappa shape index (κ2) is 12.7. The van der Waals surface area contributed by atoms with Crippen LogP contribution in [-0.4, -0.2) is 9.13 Å². The van der Waals surface area contributed by atoms with Crippen LogP contribution in [0.2, 0.25) is 0 Å². The van der Waals surface area contributed by atoms with E-state index in [1.165, 1.54) is 39.7 Å². The van der Waals surface area contributed by atoms with Crippen LogP contribution in [0, 0.1) is 11.3 Å². The summed E-state index contributed by atoms with van der Waals surface area (Å²) < 4.78 is 5.65. The fourth-order valence-electron chi connectivity index (χ4n) is 4.32. The molecule has 0 aliphatic heterocycles. The SMILES string of the molecule is C=C[CH2-].CC(C)c1cccc(C(C)C)c1-n1ccn(-c2c(C(C)C)cccc2C(C)C)[c]1=[Ni][Cl]. The zero-order valence-electron chi connectivity index (χ0n) is 22.0. The van der Waals surface area contributed by atoms with Gasteiger partial charge in [0.2, 0.25) is 0 Å². The van der Waals surface area contributed by atoms with Crippen LogP contribution in [0.25, 0.3) is 11.4 Å². The summed E-state index contributed by atoms with van der Waals surface area (Å²) in [6.45, 7) is 24.6. The topological polar surface area (TPSA) is 9.86 Å². The Morgan fingerprint density at radius 2 is 0.971 bits per heavy atom. The molecule has 34 heavy (non-hydrogen) atoms. The van der Waals surface area contributed by atoms with Gasteiger partial charge in [-0.05, 0) is 0 Å². The normalized spacial score (nSPS) is 11.4. The summed E-state index contributed by atoms with van der Waals surface area (Å²) in [6.07, 6.45) is 5.87. The first kappa shape index (κ1) is 28.3. The van der Waals surface area contributed by atoms with Gasteiger partial charge in [0.05, 0.1) is 0 Å². The van der Waals surface area contributed by atoms with Crippen molar-refractivity contribution in [2.24, 2.45) is 0 Å². The fourth-order valence-corrected chi connectivity index (χ4v) is 5.34. The third-order valence-electron chi connectivity index (χ3n) is 5.95. The van der Waals surface area contributed by atoms with Crippen LogP contribution in [0.5, 0.6) is 0 Å². The summed E-state index contributed by atoms with van der Waals surface area (Å²) in [6, 6.07) is 13.4. The van der Waals surface area contributed by atoms with Crippen molar-refractivity contribution in [3.63, 3.8) is 0 Å². The summed E-state index contributed by atoms with van der Waals surface area (Å²) in [5.74, 6) is 1.70. The molecule has 0 aliphatic carbocycles. The summed E-state index contributed by atoms with van der Waals surface area (Å²) in [5, 5.41) is 0. The molecule has 0 spiro atoms. The van der Waals surface area contributed by atoms with Crippen molar-refractivity contribution in [1.29, 1.82) is 0 Å². The Morgan fingerprint density at radius 3 is 1.18 bits per heavy atom. The average Bonchev–Trinajstić information content (AvgIpc) is 3.21. The first-order valence-electron chi connectivity index (χ1n) is 12.1. The monoisotopic (exact) mass is 522 g/mol. The molecule has 0 atom stereocenters. The number of para-hydroxylation sites is 2. The van der Waals surface area contributed by atoms with Crippen LogP contribution >= 0.6 is 10.2 Å². The number of imidazole rings is 1. The van der Waals surface area contributed by atoms with E-state index < -0.39 is 0 Å². The predicted octanol–water partition coefficient (Wildman–Crippen LogP) is 9.54. The van der Waals surface area contributed by atoms with Gasteiger partial charge in [-0.25, -0.2) is 19.6 Å². The van der Waals surface area contributed by atoms with E-state index in [1.54, 1.807) is 0 Å². The van der Waals surface area contributed by atoms with Gasteiger partial charge < -0.3 is 0 Å². The number of benzene rings is 2.